The van der Waals surface area contributed by atoms with Crippen LogP contribution in [0.3, 0.4) is 0 Å². The van der Waals surface area contributed by atoms with Gasteiger partial charge < -0.3 is 9.64 Å². The topological polar surface area (TPSA) is 61.5 Å². The highest BCUT2D eigenvalue weighted by Crippen LogP contribution is 2.42. The lowest BCUT2D eigenvalue weighted by Gasteiger charge is -2.31. The van der Waals surface area contributed by atoms with Crippen molar-refractivity contribution in [2.24, 2.45) is 0 Å². The Balaban J connectivity index is 1.52. The van der Waals surface area contributed by atoms with Crippen LogP contribution in [0.2, 0.25) is 5.02 Å². The van der Waals surface area contributed by atoms with Gasteiger partial charge >= 0.3 is 0 Å². The molecule has 0 saturated carbocycles. The Hall–Kier alpha value is -2.67. The zero-order valence-electron chi connectivity index (χ0n) is 16.6. The predicted molar refractivity (Wildman–Crippen MR) is 116 cm³/mol. The average Bonchev–Trinajstić information content (AvgIpc) is 3.33. The molecule has 154 valence electrons. The lowest BCUT2D eigenvalue weighted by Crippen LogP contribution is -2.42. The van der Waals surface area contributed by atoms with Crippen molar-refractivity contribution in [1.29, 1.82) is 0 Å². The molecule has 6 nitrogen and oxygen atoms in total. The summed E-state index contributed by atoms with van der Waals surface area (Å²) in [6, 6.07) is 17.6. The molecule has 1 aromatic heterocycles. The molecule has 1 amide bonds. The number of amides is 1. The van der Waals surface area contributed by atoms with Crippen molar-refractivity contribution in [3.8, 4) is 11.3 Å². The number of aromatic amines is 1. The van der Waals surface area contributed by atoms with Crippen molar-refractivity contribution in [2.75, 3.05) is 39.4 Å². The highest BCUT2D eigenvalue weighted by Gasteiger charge is 2.42. The van der Waals surface area contributed by atoms with Gasteiger partial charge in [-0.25, -0.2) is 0 Å². The van der Waals surface area contributed by atoms with Crippen molar-refractivity contribution in [3.05, 3.63) is 76.4 Å². The number of nitrogens with zero attached hydrogens (tertiary/aromatic N) is 3. The lowest BCUT2D eigenvalue weighted by molar-refractivity contribution is 0.0316. The maximum Gasteiger partial charge on any atom is 0.273 e. The molecular weight excluding hydrogens is 400 g/mol. The summed E-state index contributed by atoms with van der Waals surface area (Å²) in [6.45, 7) is 4.75. The second-order valence-corrected chi connectivity index (χ2v) is 8.07. The summed E-state index contributed by atoms with van der Waals surface area (Å²) in [5.41, 5.74) is 4.38. The Labute approximate surface area is 180 Å². The molecule has 1 atom stereocenters. The lowest BCUT2D eigenvalue weighted by atomic mass is 9.96. The first kappa shape index (κ1) is 19.3. The van der Waals surface area contributed by atoms with Crippen LogP contribution in [0.4, 0.5) is 0 Å². The molecule has 1 saturated heterocycles. The zero-order chi connectivity index (χ0) is 20.5. The number of rotatable bonds is 5. The van der Waals surface area contributed by atoms with E-state index in [2.05, 4.69) is 15.1 Å². The Morgan fingerprint density at radius 2 is 1.77 bits per heavy atom. The molecule has 5 rings (SSSR count). The molecule has 3 aromatic rings. The SMILES string of the molecule is O=C1c2[nH]nc(-c3ccccc3)c2C(c2ccc(Cl)cc2)N1CCN1CCOCC1. The van der Waals surface area contributed by atoms with E-state index in [-0.39, 0.29) is 11.9 Å². The minimum atomic E-state index is -0.195. The van der Waals surface area contributed by atoms with E-state index in [1.165, 1.54) is 0 Å². The highest BCUT2D eigenvalue weighted by molar-refractivity contribution is 6.30. The van der Waals surface area contributed by atoms with E-state index in [1.807, 2.05) is 59.5 Å². The number of carbonyl (C=O) groups is 1. The standard InChI is InChI=1S/C23H23ClN4O2/c24-18-8-6-17(7-9-18)22-19-20(16-4-2-1-3-5-16)25-26-21(19)23(29)28(22)11-10-27-12-14-30-15-13-27/h1-9,22H,10-15H2,(H,25,26). The Kier molecular flexibility index (Phi) is 5.29. The minimum Gasteiger partial charge on any atom is -0.379 e. The number of aromatic nitrogens is 2. The van der Waals surface area contributed by atoms with Crippen molar-refractivity contribution in [3.63, 3.8) is 0 Å². The zero-order valence-corrected chi connectivity index (χ0v) is 17.3. The van der Waals surface area contributed by atoms with Crippen molar-refractivity contribution in [1.82, 2.24) is 20.0 Å². The second kappa shape index (κ2) is 8.22. The van der Waals surface area contributed by atoms with Crippen molar-refractivity contribution in [2.45, 2.75) is 6.04 Å². The Morgan fingerprint density at radius 1 is 1.03 bits per heavy atom. The number of ether oxygens (including phenoxy) is 1. The van der Waals surface area contributed by atoms with Gasteiger partial charge in [0.2, 0.25) is 0 Å². The van der Waals surface area contributed by atoms with Crippen LogP contribution in [0.1, 0.15) is 27.7 Å². The smallest absolute Gasteiger partial charge is 0.273 e. The van der Waals surface area contributed by atoms with Crippen LogP contribution in [0.15, 0.2) is 54.6 Å². The van der Waals surface area contributed by atoms with Gasteiger partial charge in [-0.15, -0.1) is 0 Å². The van der Waals surface area contributed by atoms with Gasteiger partial charge in [0.25, 0.3) is 5.91 Å². The van der Waals surface area contributed by atoms with Gasteiger partial charge in [0.05, 0.1) is 24.9 Å². The molecule has 0 bridgehead atoms. The number of hydrogen-bond donors (Lipinski definition) is 1. The highest BCUT2D eigenvalue weighted by atomic mass is 35.5. The fraction of sp³-hybridized carbons (Fsp3) is 0.304. The largest absolute Gasteiger partial charge is 0.379 e. The Bertz CT molecular complexity index is 1030. The van der Waals surface area contributed by atoms with Gasteiger partial charge in [0.15, 0.2) is 0 Å². The van der Waals surface area contributed by atoms with Gasteiger partial charge in [0, 0.05) is 42.3 Å². The van der Waals surface area contributed by atoms with Crippen molar-refractivity contribution < 1.29 is 9.53 Å². The van der Waals surface area contributed by atoms with Crippen LogP contribution < -0.4 is 0 Å². The maximum atomic E-state index is 13.4. The van der Waals surface area contributed by atoms with E-state index in [1.54, 1.807) is 0 Å². The first-order valence-corrected chi connectivity index (χ1v) is 10.6. The molecule has 0 radical (unpaired) electrons. The van der Waals surface area contributed by atoms with Crippen LogP contribution in [0.5, 0.6) is 0 Å². The fourth-order valence-corrected chi connectivity index (χ4v) is 4.43. The Morgan fingerprint density at radius 3 is 2.50 bits per heavy atom. The summed E-state index contributed by atoms with van der Waals surface area (Å²) < 4.78 is 5.45. The minimum absolute atomic E-state index is 0.00658. The maximum absolute atomic E-state index is 13.4. The average molecular weight is 423 g/mol. The number of morpholine rings is 1. The van der Waals surface area contributed by atoms with Gasteiger partial charge in [-0.1, -0.05) is 54.1 Å². The third-order valence-corrected chi connectivity index (χ3v) is 6.11. The number of nitrogens with one attached hydrogen (secondary N) is 1. The van der Waals surface area contributed by atoms with Crippen molar-refractivity contribution >= 4 is 17.5 Å². The summed E-state index contributed by atoms with van der Waals surface area (Å²) in [4.78, 5) is 17.6. The first-order valence-electron chi connectivity index (χ1n) is 10.2. The molecular formula is C23H23ClN4O2. The summed E-state index contributed by atoms with van der Waals surface area (Å²) >= 11 is 6.13. The molecule has 1 N–H and O–H groups in total. The van der Waals surface area contributed by atoms with Crippen LogP contribution >= 0.6 is 11.6 Å². The third-order valence-electron chi connectivity index (χ3n) is 5.86. The number of fused-ring (bicyclic) bond motifs is 1. The molecule has 7 heteroatoms. The number of carbonyl (C=O) groups excluding carboxylic acids is 1. The normalized spacial score (nSPS) is 19.3. The van der Waals surface area contributed by atoms with Gasteiger partial charge in [-0.05, 0) is 17.7 Å². The fourth-order valence-electron chi connectivity index (χ4n) is 4.31. The second-order valence-electron chi connectivity index (χ2n) is 7.63. The predicted octanol–water partition coefficient (Wildman–Crippen LogP) is 3.61. The van der Waals surface area contributed by atoms with Crippen LogP contribution in [0.25, 0.3) is 11.3 Å². The summed E-state index contributed by atoms with van der Waals surface area (Å²) in [7, 11) is 0. The van der Waals surface area contributed by atoms with E-state index in [0.717, 1.165) is 55.2 Å². The molecule has 2 aliphatic rings. The van der Waals surface area contributed by atoms with Crippen LogP contribution in [-0.2, 0) is 4.74 Å². The molecule has 1 fully saturated rings. The molecule has 0 spiro atoms. The summed E-state index contributed by atoms with van der Waals surface area (Å²) in [6.07, 6.45) is 0. The van der Waals surface area contributed by atoms with E-state index < -0.39 is 0 Å². The molecule has 1 unspecified atom stereocenters. The van der Waals surface area contributed by atoms with Gasteiger partial charge in [-0.3, -0.25) is 14.8 Å². The third kappa shape index (κ3) is 3.51. The summed E-state index contributed by atoms with van der Waals surface area (Å²) in [5.74, 6) is -0.00658. The van der Waals surface area contributed by atoms with E-state index in [4.69, 9.17) is 16.3 Å². The molecule has 0 aliphatic carbocycles. The monoisotopic (exact) mass is 422 g/mol. The number of halogens is 1. The van der Waals surface area contributed by atoms with E-state index in [0.29, 0.717) is 17.3 Å². The first-order chi connectivity index (χ1) is 14.7. The van der Waals surface area contributed by atoms with E-state index in [9.17, 15) is 4.79 Å². The number of hydrogen-bond acceptors (Lipinski definition) is 4. The molecule has 2 aliphatic heterocycles. The van der Waals surface area contributed by atoms with Crippen LogP contribution in [0, 0.1) is 0 Å². The van der Waals surface area contributed by atoms with Crippen LogP contribution in [-0.4, -0.2) is 65.3 Å². The van der Waals surface area contributed by atoms with Gasteiger partial charge in [0.1, 0.15) is 5.69 Å². The molecule has 30 heavy (non-hydrogen) atoms. The quantitative estimate of drug-likeness (QED) is 0.682. The number of benzene rings is 2. The summed E-state index contributed by atoms with van der Waals surface area (Å²) in [5, 5.41) is 8.20. The number of H-pyrrole nitrogens is 1. The van der Waals surface area contributed by atoms with Gasteiger partial charge in [-0.2, -0.15) is 5.10 Å². The molecule has 2 aromatic carbocycles. The molecule has 3 heterocycles. The van der Waals surface area contributed by atoms with E-state index >= 15 is 0 Å².